The molecule has 2 aromatic rings. The van der Waals surface area contributed by atoms with Crippen LogP contribution in [-0.2, 0) is 15.6 Å². The fourth-order valence-electron chi connectivity index (χ4n) is 2.75. The minimum absolute atomic E-state index is 0.0210. The van der Waals surface area contributed by atoms with Gasteiger partial charge in [-0.25, -0.2) is 13.8 Å². The number of rotatable bonds is 10. The number of aromatic nitrogens is 2. The van der Waals surface area contributed by atoms with E-state index in [-0.39, 0.29) is 28.1 Å². The van der Waals surface area contributed by atoms with Crippen molar-refractivity contribution in [2.24, 2.45) is 0 Å². The number of carbonyl (C=O) groups is 1. The molecule has 0 aliphatic carbocycles. The number of pyridine rings is 2. The van der Waals surface area contributed by atoms with Crippen LogP contribution in [0.15, 0.2) is 24.4 Å². The number of ether oxygens (including phenoxy) is 2. The smallest absolute Gasteiger partial charge is 0.272 e. The summed E-state index contributed by atoms with van der Waals surface area (Å²) in [7, 11) is 2.98. The number of hydrogen-bond donors (Lipinski definition) is 2. The Kier molecular flexibility index (Phi) is 10.6. The number of nitrogens with one attached hydrogen (secondary N) is 2. The van der Waals surface area contributed by atoms with Gasteiger partial charge in [0.2, 0.25) is 5.88 Å². The second kappa shape index (κ2) is 12.9. The summed E-state index contributed by atoms with van der Waals surface area (Å²) in [6.45, 7) is 3.41. The van der Waals surface area contributed by atoms with Gasteiger partial charge in [0.05, 0.1) is 10.7 Å². The first-order chi connectivity index (χ1) is 16.5. The molecule has 194 valence electrons. The number of anilines is 2. The number of halogens is 3. The van der Waals surface area contributed by atoms with E-state index in [9.17, 15) is 17.8 Å². The van der Waals surface area contributed by atoms with Crippen LogP contribution in [-0.4, -0.2) is 71.3 Å². The summed E-state index contributed by atoms with van der Waals surface area (Å²) in [6.07, 6.45) is 1.59. The Hall–Kier alpha value is -2.57. The molecule has 0 amide bonds. The lowest BCUT2D eigenvalue weighted by Crippen LogP contribution is -2.37. The monoisotopic (exact) mass is 533 g/mol. The molecule has 1 aliphatic heterocycles. The van der Waals surface area contributed by atoms with Crippen LogP contribution in [0.4, 0.5) is 20.3 Å². The van der Waals surface area contributed by atoms with Crippen molar-refractivity contribution in [3.8, 4) is 17.5 Å². The quantitative estimate of drug-likeness (QED) is 0.442. The van der Waals surface area contributed by atoms with E-state index in [4.69, 9.17) is 21.1 Å². The summed E-state index contributed by atoms with van der Waals surface area (Å²) < 4.78 is 46.0. The van der Waals surface area contributed by atoms with Crippen molar-refractivity contribution in [2.45, 2.75) is 38.4 Å². The molecule has 3 rings (SSSR count). The van der Waals surface area contributed by atoms with Crippen LogP contribution in [0.25, 0.3) is 0 Å². The van der Waals surface area contributed by atoms with Crippen LogP contribution in [0.5, 0.6) is 17.5 Å². The third-order valence-corrected chi connectivity index (χ3v) is 6.06. The maximum atomic E-state index is 12.4. The van der Waals surface area contributed by atoms with Gasteiger partial charge in [0.15, 0.2) is 24.0 Å². The summed E-state index contributed by atoms with van der Waals surface area (Å²) in [5, 5.41) is 6.36. The molecular weight excluding hydrogens is 504 g/mol. The molecule has 13 heteroatoms. The molecule has 2 aromatic heterocycles. The van der Waals surface area contributed by atoms with Crippen LogP contribution in [0.3, 0.4) is 0 Å². The number of carbonyl (C=O) groups excluding carboxylic acids is 1. The fourth-order valence-corrected chi connectivity index (χ4v) is 3.69. The Bertz CT molecular complexity index is 1030. The van der Waals surface area contributed by atoms with Crippen LogP contribution >= 0.6 is 11.6 Å². The average molecular weight is 534 g/mol. The van der Waals surface area contributed by atoms with Crippen LogP contribution in [0.2, 0.25) is 5.02 Å². The third-order valence-electron chi connectivity index (χ3n) is 5.08. The zero-order valence-corrected chi connectivity index (χ0v) is 21.8. The summed E-state index contributed by atoms with van der Waals surface area (Å²) in [5.74, 6) is 1.40. The van der Waals surface area contributed by atoms with Gasteiger partial charge in [0, 0.05) is 53.7 Å². The van der Waals surface area contributed by atoms with Crippen LogP contribution in [0.1, 0.15) is 20.3 Å². The highest BCUT2D eigenvalue weighted by Crippen LogP contribution is 2.36. The molecule has 0 fully saturated rings. The van der Waals surface area contributed by atoms with E-state index in [0.717, 1.165) is 18.5 Å². The van der Waals surface area contributed by atoms with E-state index in [1.165, 1.54) is 12.3 Å². The number of alkyl halides is 2. The van der Waals surface area contributed by atoms with E-state index in [1.807, 2.05) is 7.05 Å². The number of aldehydes is 1. The summed E-state index contributed by atoms with van der Waals surface area (Å²) in [4.78, 5) is 20.9. The first-order valence-corrected chi connectivity index (χ1v) is 12.7. The summed E-state index contributed by atoms with van der Waals surface area (Å²) in [5.41, 5.74) is 0.802. The molecule has 0 saturated heterocycles. The predicted octanol–water partition coefficient (Wildman–Crippen LogP) is 3.71. The molecular formula is C22H30ClF2N5O4S. The van der Waals surface area contributed by atoms with Crippen molar-refractivity contribution in [3.63, 3.8) is 0 Å². The Morgan fingerprint density at radius 1 is 1.40 bits per heavy atom. The average Bonchev–Trinajstić information content (AvgIpc) is 3.13. The Morgan fingerprint density at radius 3 is 2.71 bits per heavy atom. The normalized spacial score (nSPS) is 15.6. The zero-order valence-electron chi connectivity index (χ0n) is 20.2. The fraction of sp³-hybridized carbons (Fsp3) is 0.500. The van der Waals surface area contributed by atoms with Gasteiger partial charge in [-0.3, -0.25) is 9.00 Å². The molecule has 0 saturated carbocycles. The van der Waals surface area contributed by atoms with E-state index in [1.54, 1.807) is 30.3 Å². The lowest BCUT2D eigenvalue weighted by molar-refractivity contribution is -0.108. The lowest BCUT2D eigenvalue weighted by Gasteiger charge is -2.22. The molecule has 0 spiro atoms. The van der Waals surface area contributed by atoms with Crippen molar-refractivity contribution in [1.29, 1.82) is 0 Å². The lowest BCUT2D eigenvalue weighted by atomic mass is 10.0. The molecule has 1 aliphatic rings. The predicted molar refractivity (Wildman–Crippen MR) is 134 cm³/mol. The minimum Gasteiger partial charge on any atom is -0.482 e. The molecule has 0 radical (unpaired) electrons. The van der Waals surface area contributed by atoms with E-state index in [2.05, 4.69) is 34.4 Å². The van der Waals surface area contributed by atoms with Crippen molar-refractivity contribution < 1.29 is 27.3 Å². The van der Waals surface area contributed by atoms with Gasteiger partial charge < -0.3 is 25.0 Å². The van der Waals surface area contributed by atoms with Gasteiger partial charge >= 0.3 is 0 Å². The maximum absolute atomic E-state index is 12.4. The number of nitrogens with zero attached hydrogens (tertiary/aromatic N) is 3. The summed E-state index contributed by atoms with van der Waals surface area (Å²) >= 11 is 5.81. The van der Waals surface area contributed by atoms with Gasteiger partial charge in [0.1, 0.15) is 6.61 Å². The van der Waals surface area contributed by atoms with Crippen molar-refractivity contribution in [1.82, 2.24) is 15.3 Å². The number of fused-ring (bicyclic) bond motifs is 1. The van der Waals surface area contributed by atoms with Gasteiger partial charge in [-0.1, -0.05) is 11.6 Å². The third kappa shape index (κ3) is 8.86. The molecule has 2 N–H and O–H groups in total. The molecule has 0 aromatic carbocycles. The maximum Gasteiger partial charge on any atom is 0.272 e. The van der Waals surface area contributed by atoms with Crippen molar-refractivity contribution in [3.05, 3.63) is 29.4 Å². The first-order valence-electron chi connectivity index (χ1n) is 10.6. The minimum atomic E-state index is -2.65. The van der Waals surface area contributed by atoms with Crippen molar-refractivity contribution in [2.75, 3.05) is 42.9 Å². The SMILES string of the molecule is CN1c2nc(Oc3ncc(Cl)cc3OCC(F)F)ccc2NC1C=O.CNC(C)(C)CCS(C)=O. The topological polar surface area (TPSA) is 106 Å². The van der Waals surface area contributed by atoms with Crippen molar-refractivity contribution >= 4 is 40.2 Å². The molecule has 35 heavy (non-hydrogen) atoms. The van der Waals surface area contributed by atoms with Crippen LogP contribution in [0, 0.1) is 0 Å². The van der Waals surface area contributed by atoms with Gasteiger partial charge in [-0.15, -0.1) is 0 Å². The Morgan fingerprint density at radius 2 is 2.11 bits per heavy atom. The molecule has 2 atom stereocenters. The molecule has 2 unspecified atom stereocenters. The molecule has 0 bridgehead atoms. The van der Waals surface area contributed by atoms with Gasteiger partial charge in [-0.2, -0.15) is 4.98 Å². The van der Waals surface area contributed by atoms with E-state index in [0.29, 0.717) is 11.5 Å². The molecule has 3 heterocycles. The number of hydrogen-bond acceptors (Lipinski definition) is 9. The summed E-state index contributed by atoms with van der Waals surface area (Å²) in [6, 6.07) is 4.57. The highest BCUT2D eigenvalue weighted by molar-refractivity contribution is 7.84. The second-order valence-corrected chi connectivity index (χ2v) is 10.3. The van der Waals surface area contributed by atoms with E-state index >= 15 is 0 Å². The molecule has 9 nitrogen and oxygen atoms in total. The Labute approximate surface area is 211 Å². The second-order valence-electron chi connectivity index (χ2n) is 8.28. The van der Waals surface area contributed by atoms with Gasteiger partial charge in [-0.05, 0) is 33.4 Å². The highest BCUT2D eigenvalue weighted by Gasteiger charge is 2.27. The van der Waals surface area contributed by atoms with Crippen LogP contribution < -0.4 is 25.0 Å². The number of likely N-dealkylation sites (N-methyl/N-ethyl adjacent to an activating group) is 1. The highest BCUT2D eigenvalue weighted by atomic mass is 35.5. The first kappa shape index (κ1) is 28.7. The van der Waals surface area contributed by atoms with E-state index < -0.39 is 30.0 Å². The van der Waals surface area contributed by atoms with Gasteiger partial charge in [0.25, 0.3) is 12.3 Å². The largest absolute Gasteiger partial charge is 0.482 e. The zero-order chi connectivity index (χ0) is 26.2. The standard InChI is InChI=1S/C15H13ClF2N4O3.C7H17NOS/c1-22-12(6-23)20-9-2-3-13(21-14(9)22)25-15-10(24-7-11(17)18)4-8(16)5-19-15;1-7(2,8-3)5-6-10(4)9/h2-6,11-12,20H,7H2,1H3;8H,5-6H2,1-4H3. The Balaban J connectivity index is 0.000000367.